The smallest absolute Gasteiger partial charge is 0.339 e. The molecular weight excluding hydrogens is 690 g/mol. The first kappa shape index (κ1) is 32.0. The Hall–Kier alpha value is -5.26. The average Bonchev–Trinajstić information content (AvgIpc) is 3.43. The van der Waals surface area contributed by atoms with Crippen LogP contribution >= 0.6 is 23.2 Å². The van der Waals surface area contributed by atoms with Crippen molar-refractivity contribution in [3.63, 3.8) is 0 Å². The standard InChI is InChI=1S/C37H25Cl2FN2O8/c38-36-16-25-22(12-13-24-28(25)32(46)41(31(24)45)20-10-11-23(33(47)48)27(44)15-20)30(29-21-4-2-1-3-17(21)5-14-26(29)43)37(36,39)35(50)42(34(36)49)19-8-6-18(40)7-9-19/h1-12,14-15,24-25,28,30,43-44H,13,16H2,(H,47,48)/t24-,25+,28-,30+,36+,37-/m0/s1. The van der Waals surface area contributed by atoms with Crippen molar-refractivity contribution >= 4 is 74.9 Å². The molecule has 0 aromatic heterocycles. The van der Waals surface area contributed by atoms with Gasteiger partial charge in [-0.2, -0.15) is 0 Å². The molecule has 8 rings (SSSR count). The summed E-state index contributed by atoms with van der Waals surface area (Å²) in [7, 11) is 0. The summed E-state index contributed by atoms with van der Waals surface area (Å²) in [6.45, 7) is 0. The lowest BCUT2D eigenvalue weighted by Gasteiger charge is -2.51. The van der Waals surface area contributed by atoms with E-state index in [0.717, 1.165) is 34.1 Å². The van der Waals surface area contributed by atoms with E-state index in [-0.39, 0.29) is 35.5 Å². The summed E-state index contributed by atoms with van der Waals surface area (Å²) in [5.41, 5.74) is 0.214. The molecule has 3 N–H and O–H groups in total. The normalized spacial score (nSPS) is 28.8. The molecule has 2 aliphatic carbocycles. The Kier molecular flexibility index (Phi) is 6.95. The Morgan fingerprint density at radius 3 is 2.20 bits per heavy atom. The zero-order valence-electron chi connectivity index (χ0n) is 25.7. The largest absolute Gasteiger partial charge is 0.508 e. The number of imide groups is 2. The fourth-order valence-corrected chi connectivity index (χ4v) is 9.32. The summed E-state index contributed by atoms with van der Waals surface area (Å²) in [6.07, 6.45) is 1.41. The number of benzene rings is 4. The maximum atomic E-state index is 14.6. The van der Waals surface area contributed by atoms with Gasteiger partial charge < -0.3 is 15.3 Å². The van der Waals surface area contributed by atoms with E-state index in [1.54, 1.807) is 36.4 Å². The van der Waals surface area contributed by atoms with Crippen LogP contribution in [0.4, 0.5) is 15.8 Å². The number of carbonyl (C=O) groups is 5. The van der Waals surface area contributed by atoms with Gasteiger partial charge in [-0.3, -0.25) is 19.2 Å². The van der Waals surface area contributed by atoms with E-state index < -0.39 is 80.1 Å². The number of nitrogens with zero attached hydrogens (tertiary/aromatic N) is 2. The Morgan fingerprint density at radius 1 is 0.800 bits per heavy atom. The van der Waals surface area contributed by atoms with E-state index in [4.69, 9.17) is 23.2 Å². The highest BCUT2D eigenvalue weighted by Gasteiger charge is 2.77. The summed E-state index contributed by atoms with van der Waals surface area (Å²) in [5.74, 6) is -10.2. The molecule has 0 spiro atoms. The number of amides is 4. The van der Waals surface area contributed by atoms with Crippen LogP contribution < -0.4 is 9.80 Å². The third kappa shape index (κ3) is 4.10. The van der Waals surface area contributed by atoms with Gasteiger partial charge in [0.2, 0.25) is 11.8 Å². The van der Waals surface area contributed by atoms with Crippen molar-refractivity contribution in [3.8, 4) is 11.5 Å². The molecule has 4 amide bonds. The summed E-state index contributed by atoms with van der Waals surface area (Å²) < 4.78 is 13.9. The number of hydrogen-bond acceptors (Lipinski definition) is 7. The summed E-state index contributed by atoms with van der Waals surface area (Å²) >= 11 is 14.9. The lowest BCUT2D eigenvalue weighted by atomic mass is 9.56. The van der Waals surface area contributed by atoms with Gasteiger partial charge in [0.25, 0.3) is 11.8 Å². The highest BCUT2D eigenvalue weighted by molar-refractivity contribution is 6.58. The number of anilines is 2. The van der Waals surface area contributed by atoms with E-state index in [9.17, 15) is 43.7 Å². The van der Waals surface area contributed by atoms with Crippen LogP contribution in [0.25, 0.3) is 10.8 Å². The topological polar surface area (TPSA) is 153 Å². The van der Waals surface area contributed by atoms with Crippen molar-refractivity contribution in [2.75, 3.05) is 9.80 Å². The minimum atomic E-state index is -2.25. The first-order chi connectivity index (χ1) is 23.8. The molecule has 3 fully saturated rings. The number of phenolic OH excluding ortho intramolecular Hbond substituents is 1. The molecule has 0 radical (unpaired) electrons. The second-order valence-corrected chi connectivity index (χ2v) is 14.2. The molecule has 4 aliphatic rings. The van der Waals surface area contributed by atoms with Crippen LogP contribution in [-0.4, -0.2) is 54.7 Å². The monoisotopic (exact) mass is 714 g/mol. The number of carboxylic acid groups (broad SMARTS) is 1. The zero-order chi connectivity index (χ0) is 35.4. The molecule has 2 saturated heterocycles. The summed E-state index contributed by atoms with van der Waals surface area (Å²) in [5, 5.41) is 32.5. The fourth-order valence-electron chi connectivity index (χ4n) is 8.40. The molecule has 0 unspecified atom stereocenters. The molecule has 2 heterocycles. The lowest BCUT2D eigenvalue weighted by molar-refractivity contribution is -0.125. The number of fused-ring (bicyclic) bond motifs is 5. The van der Waals surface area contributed by atoms with Crippen molar-refractivity contribution < 1.29 is 43.7 Å². The quantitative estimate of drug-likeness (QED) is 0.135. The third-order valence-corrected chi connectivity index (χ3v) is 12.0. The number of carbonyl (C=O) groups excluding carboxylic acids is 4. The number of aromatic hydroxyl groups is 2. The molecule has 50 heavy (non-hydrogen) atoms. The molecule has 4 aromatic rings. The predicted octanol–water partition coefficient (Wildman–Crippen LogP) is 5.86. The average molecular weight is 716 g/mol. The van der Waals surface area contributed by atoms with Crippen LogP contribution in [0.3, 0.4) is 0 Å². The Morgan fingerprint density at radius 2 is 1.50 bits per heavy atom. The minimum absolute atomic E-state index is 0.0227. The number of allylic oxidation sites excluding steroid dienone is 2. The lowest BCUT2D eigenvalue weighted by Crippen LogP contribution is -2.60. The van der Waals surface area contributed by atoms with Gasteiger partial charge in [0.1, 0.15) is 22.9 Å². The first-order valence-corrected chi connectivity index (χ1v) is 16.4. The second kappa shape index (κ2) is 10.9. The van der Waals surface area contributed by atoms with Gasteiger partial charge in [-0.05, 0) is 72.0 Å². The molecule has 0 bridgehead atoms. The number of halogens is 3. The zero-order valence-corrected chi connectivity index (χ0v) is 27.2. The van der Waals surface area contributed by atoms with E-state index in [0.29, 0.717) is 16.3 Å². The number of alkyl halides is 2. The fraction of sp³-hybridized carbons (Fsp3) is 0.216. The molecule has 13 heteroatoms. The minimum Gasteiger partial charge on any atom is -0.508 e. The van der Waals surface area contributed by atoms with Gasteiger partial charge in [-0.1, -0.05) is 42.0 Å². The van der Waals surface area contributed by atoms with Gasteiger partial charge >= 0.3 is 5.97 Å². The highest BCUT2D eigenvalue weighted by atomic mass is 35.5. The second-order valence-electron chi connectivity index (χ2n) is 13.0. The third-order valence-electron chi connectivity index (χ3n) is 10.6. The summed E-state index contributed by atoms with van der Waals surface area (Å²) in [4.78, 5) is 66.1. The van der Waals surface area contributed by atoms with Crippen molar-refractivity contribution in [3.05, 3.63) is 107 Å². The van der Waals surface area contributed by atoms with Crippen molar-refractivity contribution in [2.45, 2.75) is 28.5 Å². The number of phenols is 2. The molecule has 6 atom stereocenters. The number of hydrogen-bond donors (Lipinski definition) is 3. The van der Waals surface area contributed by atoms with Gasteiger partial charge in [0.15, 0.2) is 9.75 Å². The van der Waals surface area contributed by atoms with Gasteiger partial charge in [0.05, 0.1) is 23.2 Å². The van der Waals surface area contributed by atoms with Gasteiger partial charge in [-0.25, -0.2) is 19.0 Å². The van der Waals surface area contributed by atoms with Crippen molar-refractivity contribution in [2.24, 2.45) is 17.8 Å². The van der Waals surface area contributed by atoms with Crippen molar-refractivity contribution in [1.82, 2.24) is 0 Å². The van der Waals surface area contributed by atoms with Crippen LogP contribution in [0.5, 0.6) is 11.5 Å². The van der Waals surface area contributed by atoms with Crippen LogP contribution in [-0.2, 0) is 19.2 Å². The van der Waals surface area contributed by atoms with Crippen LogP contribution in [0.15, 0.2) is 90.5 Å². The summed E-state index contributed by atoms with van der Waals surface area (Å²) in [6, 6.07) is 18.2. The maximum absolute atomic E-state index is 14.6. The first-order valence-electron chi connectivity index (χ1n) is 15.7. The van der Waals surface area contributed by atoms with Crippen LogP contribution in [0.1, 0.15) is 34.7 Å². The Labute approximate surface area is 292 Å². The van der Waals surface area contributed by atoms with Crippen molar-refractivity contribution in [1.29, 1.82) is 0 Å². The van der Waals surface area contributed by atoms with E-state index in [1.165, 1.54) is 24.3 Å². The number of rotatable bonds is 4. The predicted molar refractivity (Wildman–Crippen MR) is 180 cm³/mol. The van der Waals surface area contributed by atoms with E-state index in [1.807, 2.05) is 0 Å². The number of aromatic carboxylic acids is 1. The van der Waals surface area contributed by atoms with Gasteiger partial charge in [0, 0.05) is 17.5 Å². The van der Waals surface area contributed by atoms with Crippen LogP contribution in [0.2, 0.25) is 0 Å². The van der Waals surface area contributed by atoms with E-state index in [2.05, 4.69) is 0 Å². The maximum Gasteiger partial charge on any atom is 0.339 e. The molecule has 4 aromatic carbocycles. The van der Waals surface area contributed by atoms with Crippen LogP contribution in [0, 0.1) is 23.6 Å². The Balaban J connectivity index is 1.32. The molecule has 252 valence electrons. The molecule has 2 aliphatic heterocycles. The van der Waals surface area contributed by atoms with E-state index >= 15 is 0 Å². The molecule has 1 saturated carbocycles. The highest BCUT2D eigenvalue weighted by Crippen LogP contribution is 2.67. The number of carboxylic acids is 1. The Bertz CT molecular complexity index is 2260. The van der Waals surface area contributed by atoms with Gasteiger partial charge in [-0.15, -0.1) is 23.2 Å². The SMILES string of the molecule is O=C(O)c1ccc(N2C(=O)[C@H]3[C@H](CC=C4[C@H]3C[C@@]3(Cl)C(=O)N(c5ccc(F)cc5)C(=O)[C@@]3(Cl)[C@H]4c3c(O)ccc4ccccc34)C2=O)cc1O. The molecule has 10 nitrogen and oxygen atoms in total. The molecular formula is C37H25Cl2FN2O8.